The summed E-state index contributed by atoms with van der Waals surface area (Å²) >= 11 is 0. The van der Waals surface area contributed by atoms with Gasteiger partial charge in [0.05, 0.1) is 11.7 Å². The highest BCUT2D eigenvalue weighted by molar-refractivity contribution is 5.89. The van der Waals surface area contributed by atoms with Crippen LogP contribution in [0.5, 0.6) is 5.75 Å². The Morgan fingerprint density at radius 3 is 2.74 bits per heavy atom. The van der Waals surface area contributed by atoms with E-state index in [1.807, 2.05) is 48.6 Å². The van der Waals surface area contributed by atoms with Gasteiger partial charge in [0.15, 0.2) is 0 Å². The lowest BCUT2D eigenvalue weighted by molar-refractivity contribution is 0.475. The third-order valence-corrected chi connectivity index (χ3v) is 2.90. The molecule has 0 unspecified atom stereocenters. The molecule has 19 heavy (non-hydrogen) atoms. The molecule has 3 aromatic rings. The first kappa shape index (κ1) is 11.4. The molecular weight excluding hydrogens is 236 g/mol. The van der Waals surface area contributed by atoms with Gasteiger partial charge in [-0.1, -0.05) is 42.5 Å². The molecule has 0 aliphatic carbocycles. The van der Waals surface area contributed by atoms with Crippen molar-refractivity contribution in [1.82, 2.24) is 10.2 Å². The van der Waals surface area contributed by atoms with Gasteiger partial charge in [-0.2, -0.15) is 10.2 Å². The van der Waals surface area contributed by atoms with Gasteiger partial charge in [0.25, 0.3) is 0 Å². The van der Waals surface area contributed by atoms with E-state index in [1.165, 1.54) is 0 Å². The molecule has 0 radical (unpaired) electrons. The van der Waals surface area contributed by atoms with Crippen molar-refractivity contribution in [1.29, 1.82) is 0 Å². The second-order valence-electron chi connectivity index (χ2n) is 4.25. The number of hydrogen-bond donors (Lipinski definition) is 1. The fraction of sp³-hybridized carbons (Fsp3) is 0. The Morgan fingerprint density at radius 2 is 1.84 bits per heavy atom. The normalized spacial score (nSPS) is 11.2. The van der Waals surface area contributed by atoms with Crippen molar-refractivity contribution in [3.8, 4) is 5.75 Å². The minimum absolute atomic E-state index is 0.264. The summed E-state index contributed by atoms with van der Waals surface area (Å²) in [6.07, 6.45) is 5.66. The number of fused-ring (bicyclic) bond motifs is 1. The van der Waals surface area contributed by atoms with E-state index in [-0.39, 0.29) is 5.75 Å². The van der Waals surface area contributed by atoms with E-state index in [1.54, 1.807) is 18.3 Å². The van der Waals surface area contributed by atoms with Crippen molar-refractivity contribution in [2.75, 3.05) is 0 Å². The number of hydrogen-bond acceptors (Lipinski definition) is 3. The zero-order valence-corrected chi connectivity index (χ0v) is 10.2. The van der Waals surface area contributed by atoms with E-state index in [0.717, 1.165) is 22.0 Å². The Morgan fingerprint density at radius 1 is 0.947 bits per heavy atom. The van der Waals surface area contributed by atoms with Crippen LogP contribution in [0.3, 0.4) is 0 Å². The Hall–Kier alpha value is -2.68. The summed E-state index contributed by atoms with van der Waals surface area (Å²) in [5, 5.41) is 18.6. The lowest BCUT2D eigenvalue weighted by Crippen LogP contribution is -1.86. The second kappa shape index (κ2) is 4.90. The molecular formula is C16H12N2O. The van der Waals surface area contributed by atoms with E-state index in [4.69, 9.17) is 0 Å². The predicted molar refractivity (Wildman–Crippen MR) is 76.6 cm³/mol. The minimum atomic E-state index is 0.264. The van der Waals surface area contributed by atoms with Crippen LogP contribution in [0.25, 0.3) is 23.1 Å². The molecule has 3 heteroatoms. The van der Waals surface area contributed by atoms with Gasteiger partial charge < -0.3 is 5.11 Å². The first-order chi connectivity index (χ1) is 9.33. The molecule has 92 valence electrons. The summed E-state index contributed by atoms with van der Waals surface area (Å²) in [4.78, 5) is 0. The highest BCUT2D eigenvalue weighted by Gasteiger charge is 1.98. The molecule has 0 aliphatic heterocycles. The van der Waals surface area contributed by atoms with E-state index in [9.17, 15) is 5.11 Å². The molecule has 0 spiro atoms. The number of benzene rings is 2. The monoisotopic (exact) mass is 248 g/mol. The lowest BCUT2D eigenvalue weighted by atomic mass is 10.1. The molecule has 0 amide bonds. The molecule has 2 aromatic carbocycles. The first-order valence-corrected chi connectivity index (χ1v) is 6.00. The van der Waals surface area contributed by atoms with Crippen LogP contribution >= 0.6 is 0 Å². The second-order valence-corrected chi connectivity index (χ2v) is 4.25. The highest BCUT2D eigenvalue weighted by Crippen LogP contribution is 2.18. The summed E-state index contributed by atoms with van der Waals surface area (Å²) < 4.78 is 0. The molecule has 0 fully saturated rings. The zero-order valence-electron chi connectivity index (χ0n) is 10.2. The van der Waals surface area contributed by atoms with E-state index in [2.05, 4.69) is 10.2 Å². The van der Waals surface area contributed by atoms with Gasteiger partial charge in [-0.3, -0.25) is 0 Å². The average Bonchev–Trinajstić information content (AvgIpc) is 2.45. The van der Waals surface area contributed by atoms with Crippen LogP contribution in [0.4, 0.5) is 0 Å². The Labute approximate surface area is 110 Å². The van der Waals surface area contributed by atoms with Crippen LogP contribution < -0.4 is 0 Å². The first-order valence-electron chi connectivity index (χ1n) is 6.00. The summed E-state index contributed by atoms with van der Waals surface area (Å²) in [7, 11) is 0. The predicted octanol–water partition coefficient (Wildman–Crippen LogP) is 3.51. The maximum Gasteiger partial charge on any atom is 0.116 e. The van der Waals surface area contributed by atoms with Crippen LogP contribution in [0.1, 0.15) is 11.1 Å². The summed E-state index contributed by atoms with van der Waals surface area (Å²) in [5.74, 6) is 0.264. The van der Waals surface area contributed by atoms with Crippen LogP contribution in [-0.2, 0) is 0 Å². The summed E-state index contributed by atoms with van der Waals surface area (Å²) in [6.45, 7) is 0. The number of aromatic nitrogens is 2. The molecule has 0 saturated heterocycles. The van der Waals surface area contributed by atoms with Gasteiger partial charge in [-0.05, 0) is 23.8 Å². The third-order valence-electron chi connectivity index (χ3n) is 2.90. The largest absolute Gasteiger partial charge is 0.508 e. The number of rotatable bonds is 2. The van der Waals surface area contributed by atoms with Gasteiger partial charge in [-0.15, -0.1) is 0 Å². The van der Waals surface area contributed by atoms with E-state index < -0.39 is 0 Å². The molecule has 1 N–H and O–H groups in total. The Balaban J connectivity index is 2.02. The molecule has 1 aromatic heterocycles. The van der Waals surface area contributed by atoms with Gasteiger partial charge in [-0.25, -0.2) is 0 Å². The molecule has 1 heterocycles. The topological polar surface area (TPSA) is 46.0 Å². The average molecular weight is 248 g/mol. The van der Waals surface area contributed by atoms with Crippen molar-refractivity contribution >= 4 is 23.1 Å². The van der Waals surface area contributed by atoms with Crippen LogP contribution in [0, 0.1) is 0 Å². The van der Waals surface area contributed by atoms with Crippen molar-refractivity contribution in [2.45, 2.75) is 0 Å². The maximum absolute atomic E-state index is 9.43. The van der Waals surface area contributed by atoms with Crippen molar-refractivity contribution in [3.63, 3.8) is 0 Å². The van der Waals surface area contributed by atoms with Crippen LogP contribution in [0.2, 0.25) is 0 Å². The molecule has 0 saturated carbocycles. The lowest BCUT2D eigenvalue weighted by Gasteiger charge is -2.00. The maximum atomic E-state index is 9.43. The quantitative estimate of drug-likeness (QED) is 0.755. The number of aromatic hydroxyl groups is 1. The zero-order chi connectivity index (χ0) is 13.1. The number of phenols is 1. The van der Waals surface area contributed by atoms with Crippen LogP contribution in [0.15, 0.2) is 54.7 Å². The minimum Gasteiger partial charge on any atom is -0.508 e. The van der Waals surface area contributed by atoms with Crippen molar-refractivity contribution in [3.05, 3.63) is 65.9 Å². The SMILES string of the molecule is Oc1cccc(/C=C\c2cnnc3ccccc23)c1. The fourth-order valence-electron chi connectivity index (χ4n) is 1.98. The molecule has 3 nitrogen and oxygen atoms in total. The number of nitrogens with zero attached hydrogens (tertiary/aromatic N) is 2. The molecule has 0 aliphatic rings. The standard InChI is InChI=1S/C16H12N2O/c19-14-5-3-4-12(10-14)8-9-13-11-17-18-16-7-2-1-6-15(13)16/h1-11,19H/b9-8-. The van der Waals surface area contributed by atoms with Gasteiger partial charge in [0, 0.05) is 10.9 Å². The van der Waals surface area contributed by atoms with Crippen LogP contribution in [-0.4, -0.2) is 15.3 Å². The molecule has 0 atom stereocenters. The van der Waals surface area contributed by atoms with Crippen molar-refractivity contribution < 1.29 is 5.11 Å². The molecule has 0 bridgehead atoms. The third kappa shape index (κ3) is 2.45. The summed E-state index contributed by atoms with van der Waals surface area (Å²) in [6, 6.07) is 15.0. The fourth-order valence-corrected chi connectivity index (χ4v) is 1.98. The highest BCUT2D eigenvalue weighted by atomic mass is 16.3. The van der Waals surface area contributed by atoms with E-state index in [0.29, 0.717) is 0 Å². The Bertz CT molecular complexity index is 745. The Kier molecular flexibility index (Phi) is 2.94. The smallest absolute Gasteiger partial charge is 0.116 e. The van der Waals surface area contributed by atoms with Crippen molar-refractivity contribution in [2.24, 2.45) is 0 Å². The summed E-state index contributed by atoms with van der Waals surface area (Å²) in [5.41, 5.74) is 2.83. The van der Waals surface area contributed by atoms with Gasteiger partial charge in [0.1, 0.15) is 5.75 Å². The molecule has 3 rings (SSSR count). The van der Waals surface area contributed by atoms with E-state index >= 15 is 0 Å². The van der Waals surface area contributed by atoms with Gasteiger partial charge >= 0.3 is 0 Å². The number of phenolic OH excluding ortho intramolecular Hbond substituents is 1. The van der Waals surface area contributed by atoms with Gasteiger partial charge in [0.2, 0.25) is 0 Å².